The fourth-order valence-corrected chi connectivity index (χ4v) is 1.82. The third kappa shape index (κ3) is 3.09. The molecule has 0 radical (unpaired) electrons. The van der Waals surface area contributed by atoms with Crippen molar-refractivity contribution >= 4 is 5.78 Å². The lowest BCUT2D eigenvalue weighted by atomic mass is 9.94. The predicted molar refractivity (Wildman–Crippen MR) is 66.0 cm³/mol. The summed E-state index contributed by atoms with van der Waals surface area (Å²) in [5.74, 6) is 1.35. The average Bonchev–Trinajstić information content (AvgIpc) is 2.35. The van der Waals surface area contributed by atoms with Crippen molar-refractivity contribution < 1.29 is 9.53 Å². The maximum absolute atomic E-state index is 12.1. The number of carbonyl (C=O) groups excluding carboxylic acids is 1. The van der Waals surface area contributed by atoms with Crippen LogP contribution in [0.1, 0.15) is 43.5 Å². The smallest absolute Gasteiger partial charge is 0.166 e. The van der Waals surface area contributed by atoms with Gasteiger partial charge < -0.3 is 4.74 Å². The zero-order chi connectivity index (χ0) is 12.0. The summed E-state index contributed by atoms with van der Waals surface area (Å²) >= 11 is 0. The van der Waals surface area contributed by atoms with Crippen molar-refractivity contribution in [3.8, 4) is 5.75 Å². The third-order valence-electron chi connectivity index (χ3n) is 3.04. The molecule has 0 atom stereocenters. The zero-order valence-electron chi connectivity index (χ0n) is 10.3. The number of carbonyl (C=O) groups is 1. The van der Waals surface area contributed by atoms with Crippen LogP contribution in [0.25, 0.3) is 0 Å². The van der Waals surface area contributed by atoms with Crippen LogP contribution in [-0.4, -0.2) is 12.9 Å². The van der Waals surface area contributed by atoms with E-state index in [9.17, 15) is 4.79 Å². The van der Waals surface area contributed by atoms with E-state index < -0.39 is 0 Å². The molecule has 0 bridgehead atoms. The van der Waals surface area contributed by atoms with Gasteiger partial charge in [0.05, 0.1) is 12.7 Å². The Morgan fingerprint density at radius 3 is 2.44 bits per heavy atom. The van der Waals surface area contributed by atoms with E-state index in [1.165, 1.54) is 0 Å². The summed E-state index contributed by atoms with van der Waals surface area (Å²) in [6.07, 6.45) is 2.72. The van der Waals surface area contributed by atoms with Crippen LogP contribution in [0.2, 0.25) is 0 Å². The van der Waals surface area contributed by atoms with Gasteiger partial charge in [-0.2, -0.15) is 0 Å². The summed E-state index contributed by atoms with van der Waals surface area (Å²) in [5, 5.41) is 0. The van der Waals surface area contributed by atoms with Crippen LogP contribution in [-0.2, 0) is 0 Å². The first-order valence-electron chi connectivity index (χ1n) is 5.89. The van der Waals surface area contributed by atoms with E-state index in [0.29, 0.717) is 23.7 Å². The van der Waals surface area contributed by atoms with Crippen LogP contribution in [0.3, 0.4) is 0 Å². The van der Waals surface area contributed by atoms with E-state index in [0.717, 1.165) is 12.8 Å². The SMILES string of the molecule is CCC(CC)CC(=O)c1ccccc1OC. The van der Waals surface area contributed by atoms with Crippen molar-refractivity contribution in [3.63, 3.8) is 0 Å². The second-order valence-electron chi connectivity index (χ2n) is 4.01. The highest BCUT2D eigenvalue weighted by atomic mass is 16.5. The van der Waals surface area contributed by atoms with Crippen molar-refractivity contribution in [1.82, 2.24) is 0 Å². The largest absolute Gasteiger partial charge is 0.496 e. The van der Waals surface area contributed by atoms with Gasteiger partial charge in [0.15, 0.2) is 5.78 Å². The molecule has 1 aromatic carbocycles. The molecular formula is C14H20O2. The lowest BCUT2D eigenvalue weighted by molar-refractivity contribution is 0.0955. The molecule has 0 unspecified atom stereocenters. The maximum atomic E-state index is 12.1. The van der Waals surface area contributed by atoms with E-state index in [-0.39, 0.29) is 5.78 Å². The molecule has 0 aliphatic carbocycles. The van der Waals surface area contributed by atoms with Gasteiger partial charge in [0.25, 0.3) is 0 Å². The van der Waals surface area contributed by atoms with E-state index in [1.807, 2.05) is 24.3 Å². The van der Waals surface area contributed by atoms with Gasteiger partial charge in [-0.05, 0) is 18.1 Å². The fraction of sp³-hybridized carbons (Fsp3) is 0.500. The number of ketones is 1. The first-order valence-corrected chi connectivity index (χ1v) is 5.89. The van der Waals surface area contributed by atoms with Gasteiger partial charge in [0.2, 0.25) is 0 Å². The average molecular weight is 220 g/mol. The second kappa shape index (κ2) is 6.31. The minimum Gasteiger partial charge on any atom is -0.496 e. The molecule has 16 heavy (non-hydrogen) atoms. The molecule has 0 heterocycles. The van der Waals surface area contributed by atoms with Crippen LogP contribution in [0.5, 0.6) is 5.75 Å². The Balaban J connectivity index is 2.79. The highest BCUT2D eigenvalue weighted by Gasteiger charge is 2.15. The molecule has 0 saturated heterocycles. The summed E-state index contributed by atoms with van der Waals surface area (Å²) in [5.41, 5.74) is 0.705. The molecule has 0 aliphatic rings. The quantitative estimate of drug-likeness (QED) is 0.683. The zero-order valence-corrected chi connectivity index (χ0v) is 10.3. The molecule has 0 spiro atoms. The summed E-state index contributed by atoms with van der Waals surface area (Å²) in [7, 11) is 1.60. The Labute approximate surface area is 97.6 Å². The molecular weight excluding hydrogens is 200 g/mol. The number of methoxy groups -OCH3 is 1. The number of hydrogen-bond acceptors (Lipinski definition) is 2. The minimum absolute atomic E-state index is 0.186. The Morgan fingerprint density at radius 2 is 1.88 bits per heavy atom. The van der Waals surface area contributed by atoms with Crippen molar-refractivity contribution in [2.24, 2.45) is 5.92 Å². The van der Waals surface area contributed by atoms with Gasteiger partial charge in [-0.15, -0.1) is 0 Å². The van der Waals surface area contributed by atoms with Crippen molar-refractivity contribution in [2.45, 2.75) is 33.1 Å². The number of para-hydroxylation sites is 1. The Hall–Kier alpha value is -1.31. The molecule has 0 saturated carbocycles. The topological polar surface area (TPSA) is 26.3 Å². The Kier molecular flexibility index (Phi) is 5.03. The highest BCUT2D eigenvalue weighted by molar-refractivity contribution is 5.98. The second-order valence-corrected chi connectivity index (χ2v) is 4.01. The standard InChI is InChI=1S/C14H20O2/c1-4-11(5-2)10-13(15)12-8-6-7-9-14(12)16-3/h6-9,11H,4-5,10H2,1-3H3. The lowest BCUT2D eigenvalue weighted by Gasteiger charge is -2.12. The first kappa shape index (κ1) is 12.8. The van der Waals surface area contributed by atoms with E-state index in [4.69, 9.17) is 4.74 Å². The Bertz CT molecular complexity index is 340. The summed E-state index contributed by atoms with van der Waals surface area (Å²) in [6.45, 7) is 4.26. The van der Waals surface area contributed by atoms with Gasteiger partial charge in [-0.25, -0.2) is 0 Å². The van der Waals surface area contributed by atoms with Crippen LogP contribution in [0, 0.1) is 5.92 Å². The molecule has 1 rings (SSSR count). The Morgan fingerprint density at radius 1 is 1.25 bits per heavy atom. The molecule has 1 aromatic rings. The lowest BCUT2D eigenvalue weighted by Crippen LogP contribution is -2.08. The van der Waals surface area contributed by atoms with Crippen molar-refractivity contribution in [1.29, 1.82) is 0 Å². The van der Waals surface area contributed by atoms with E-state index in [2.05, 4.69) is 13.8 Å². The highest BCUT2D eigenvalue weighted by Crippen LogP contribution is 2.22. The van der Waals surface area contributed by atoms with E-state index >= 15 is 0 Å². The molecule has 0 N–H and O–H groups in total. The number of hydrogen-bond donors (Lipinski definition) is 0. The predicted octanol–water partition coefficient (Wildman–Crippen LogP) is 3.70. The number of rotatable bonds is 6. The molecule has 2 heteroatoms. The van der Waals surface area contributed by atoms with Gasteiger partial charge in [-0.3, -0.25) is 4.79 Å². The van der Waals surface area contributed by atoms with E-state index in [1.54, 1.807) is 7.11 Å². The van der Waals surface area contributed by atoms with Crippen molar-refractivity contribution in [3.05, 3.63) is 29.8 Å². The van der Waals surface area contributed by atoms with Gasteiger partial charge in [-0.1, -0.05) is 38.8 Å². The van der Waals surface area contributed by atoms with Crippen LogP contribution in [0.4, 0.5) is 0 Å². The minimum atomic E-state index is 0.186. The van der Waals surface area contributed by atoms with Crippen LogP contribution < -0.4 is 4.74 Å². The van der Waals surface area contributed by atoms with Gasteiger partial charge in [0, 0.05) is 6.42 Å². The number of benzene rings is 1. The fourth-order valence-electron chi connectivity index (χ4n) is 1.82. The van der Waals surface area contributed by atoms with Gasteiger partial charge >= 0.3 is 0 Å². The summed E-state index contributed by atoms with van der Waals surface area (Å²) in [6, 6.07) is 7.43. The van der Waals surface area contributed by atoms with Gasteiger partial charge in [0.1, 0.15) is 5.75 Å². The summed E-state index contributed by atoms with van der Waals surface area (Å²) in [4.78, 5) is 12.1. The first-order chi connectivity index (χ1) is 7.72. The third-order valence-corrected chi connectivity index (χ3v) is 3.04. The molecule has 0 aliphatic heterocycles. The molecule has 0 aromatic heterocycles. The maximum Gasteiger partial charge on any atom is 0.166 e. The normalized spacial score (nSPS) is 10.5. The monoisotopic (exact) mass is 220 g/mol. The molecule has 0 amide bonds. The molecule has 0 fully saturated rings. The molecule has 2 nitrogen and oxygen atoms in total. The molecule has 88 valence electrons. The summed E-state index contributed by atoms with van der Waals surface area (Å²) < 4.78 is 5.19. The van der Waals surface area contributed by atoms with Crippen LogP contribution in [0.15, 0.2) is 24.3 Å². The number of Topliss-reactive ketones (excluding diaryl/α,β-unsaturated/α-hetero) is 1. The number of ether oxygens (including phenoxy) is 1. The van der Waals surface area contributed by atoms with Crippen LogP contribution >= 0.6 is 0 Å². The van der Waals surface area contributed by atoms with Crippen molar-refractivity contribution in [2.75, 3.05) is 7.11 Å².